The van der Waals surface area contributed by atoms with Crippen molar-refractivity contribution in [3.05, 3.63) is 89.6 Å². The van der Waals surface area contributed by atoms with Gasteiger partial charge in [0.15, 0.2) is 0 Å². The summed E-state index contributed by atoms with van der Waals surface area (Å²) in [5.74, 6) is 0. The van der Waals surface area contributed by atoms with Gasteiger partial charge in [-0.15, -0.1) is 0 Å². The second-order valence-corrected chi connectivity index (χ2v) is 6.18. The number of benzene rings is 2. The topological polar surface area (TPSA) is 33.1 Å². The van der Waals surface area contributed by atoms with Crippen LogP contribution in [0.2, 0.25) is 0 Å². The number of pyridine rings is 1. The Morgan fingerprint density at radius 3 is 2.18 bits per heavy atom. The van der Waals surface area contributed by atoms with Crippen LogP contribution in [-0.4, -0.2) is 10.1 Å². The Kier molecular flexibility index (Phi) is 4.56. The number of aliphatic hydroxyl groups is 1. The molecule has 0 amide bonds. The average Bonchev–Trinajstić information content (AvgIpc) is 2.58. The minimum atomic E-state index is -0.636. The van der Waals surface area contributed by atoms with Gasteiger partial charge in [-0.05, 0) is 36.2 Å². The van der Waals surface area contributed by atoms with Crippen LogP contribution in [-0.2, 0) is 0 Å². The van der Waals surface area contributed by atoms with Crippen molar-refractivity contribution in [1.82, 2.24) is 4.98 Å². The lowest BCUT2D eigenvalue weighted by Gasteiger charge is -2.13. The Bertz CT molecular complexity index is 744. The van der Waals surface area contributed by atoms with E-state index in [1.54, 1.807) is 18.0 Å². The molecule has 0 radical (unpaired) electrons. The Morgan fingerprint density at radius 2 is 1.55 bits per heavy atom. The Balaban J connectivity index is 1.83. The van der Waals surface area contributed by atoms with Crippen LogP contribution in [0.3, 0.4) is 0 Å². The first-order valence-corrected chi connectivity index (χ1v) is 7.98. The summed E-state index contributed by atoms with van der Waals surface area (Å²) in [7, 11) is 0. The minimum absolute atomic E-state index is 0.636. The standard InChI is InChI=1S/C19H17NOS/c1-14-12-16(18(21)15-8-4-2-5-9-15)13-20-19(14)22-17-10-6-3-7-11-17/h2-13,18,21H,1H3. The number of hydrogen-bond donors (Lipinski definition) is 1. The van der Waals surface area contributed by atoms with Crippen molar-refractivity contribution in [1.29, 1.82) is 0 Å². The molecule has 0 spiro atoms. The molecular formula is C19H17NOS. The molecule has 0 bridgehead atoms. The number of aryl methyl sites for hydroxylation is 1. The van der Waals surface area contributed by atoms with E-state index in [0.717, 1.165) is 26.6 Å². The lowest BCUT2D eigenvalue weighted by atomic mass is 10.0. The molecule has 1 aromatic heterocycles. The van der Waals surface area contributed by atoms with Gasteiger partial charge < -0.3 is 5.11 Å². The Morgan fingerprint density at radius 1 is 0.909 bits per heavy atom. The maximum atomic E-state index is 10.5. The molecule has 2 aromatic carbocycles. The summed E-state index contributed by atoms with van der Waals surface area (Å²) < 4.78 is 0. The van der Waals surface area contributed by atoms with Crippen molar-refractivity contribution in [3.8, 4) is 0 Å². The highest BCUT2D eigenvalue weighted by Gasteiger charge is 2.12. The quantitative estimate of drug-likeness (QED) is 0.763. The van der Waals surface area contributed by atoms with Crippen molar-refractivity contribution in [2.45, 2.75) is 22.9 Å². The summed E-state index contributed by atoms with van der Waals surface area (Å²) in [6, 6.07) is 21.8. The molecule has 22 heavy (non-hydrogen) atoms. The van der Waals surface area contributed by atoms with Gasteiger partial charge in [-0.25, -0.2) is 4.98 Å². The van der Waals surface area contributed by atoms with E-state index in [4.69, 9.17) is 0 Å². The van der Waals surface area contributed by atoms with Crippen LogP contribution in [0.5, 0.6) is 0 Å². The van der Waals surface area contributed by atoms with Gasteiger partial charge in [0.2, 0.25) is 0 Å². The van der Waals surface area contributed by atoms with E-state index in [0.29, 0.717) is 0 Å². The fourth-order valence-electron chi connectivity index (χ4n) is 2.27. The van der Waals surface area contributed by atoms with Gasteiger partial charge in [-0.3, -0.25) is 0 Å². The molecule has 0 saturated carbocycles. The van der Waals surface area contributed by atoms with Crippen molar-refractivity contribution >= 4 is 11.8 Å². The molecule has 0 saturated heterocycles. The number of aromatic nitrogens is 1. The van der Waals surface area contributed by atoms with Crippen LogP contribution in [0, 0.1) is 6.92 Å². The van der Waals surface area contributed by atoms with Gasteiger partial charge in [-0.2, -0.15) is 0 Å². The number of nitrogens with zero attached hydrogens (tertiary/aromatic N) is 1. The van der Waals surface area contributed by atoms with Crippen LogP contribution in [0.25, 0.3) is 0 Å². The van der Waals surface area contributed by atoms with Crippen LogP contribution in [0.4, 0.5) is 0 Å². The summed E-state index contributed by atoms with van der Waals surface area (Å²) in [5.41, 5.74) is 2.77. The molecule has 0 fully saturated rings. The third kappa shape index (κ3) is 3.38. The first-order chi connectivity index (χ1) is 10.7. The summed E-state index contributed by atoms with van der Waals surface area (Å²) in [6.07, 6.45) is 1.12. The third-order valence-electron chi connectivity index (χ3n) is 3.44. The molecule has 3 rings (SSSR count). The van der Waals surface area contributed by atoms with Crippen LogP contribution < -0.4 is 0 Å². The van der Waals surface area contributed by atoms with E-state index < -0.39 is 6.10 Å². The first-order valence-electron chi connectivity index (χ1n) is 7.16. The van der Waals surface area contributed by atoms with Crippen molar-refractivity contribution in [3.63, 3.8) is 0 Å². The van der Waals surface area contributed by atoms with Gasteiger partial charge in [-0.1, -0.05) is 60.3 Å². The summed E-state index contributed by atoms with van der Waals surface area (Å²) in [4.78, 5) is 5.68. The molecule has 1 atom stereocenters. The van der Waals surface area contributed by atoms with Crippen molar-refractivity contribution < 1.29 is 5.11 Å². The second kappa shape index (κ2) is 6.77. The summed E-state index contributed by atoms with van der Waals surface area (Å²) in [6.45, 7) is 2.03. The van der Waals surface area contributed by atoms with E-state index in [-0.39, 0.29) is 0 Å². The molecule has 0 aliphatic carbocycles. The highest BCUT2D eigenvalue weighted by molar-refractivity contribution is 7.99. The molecule has 1 heterocycles. The number of aliphatic hydroxyl groups excluding tert-OH is 1. The highest BCUT2D eigenvalue weighted by atomic mass is 32.2. The van der Waals surface area contributed by atoms with E-state index in [1.807, 2.05) is 61.5 Å². The number of hydrogen-bond acceptors (Lipinski definition) is 3. The first kappa shape index (κ1) is 14.8. The Hall–Kier alpha value is -2.10. The van der Waals surface area contributed by atoms with Crippen LogP contribution in [0.15, 0.2) is 82.8 Å². The Labute approximate surface area is 134 Å². The number of rotatable bonds is 4. The summed E-state index contributed by atoms with van der Waals surface area (Å²) in [5, 5.41) is 11.4. The smallest absolute Gasteiger partial charge is 0.106 e. The van der Waals surface area contributed by atoms with E-state index in [1.165, 1.54) is 0 Å². The largest absolute Gasteiger partial charge is 0.384 e. The lowest BCUT2D eigenvalue weighted by molar-refractivity contribution is 0.219. The molecule has 1 unspecified atom stereocenters. The molecule has 110 valence electrons. The highest BCUT2D eigenvalue weighted by Crippen LogP contribution is 2.30. The van der Waals surface area contributed by atoms with E-state index >= 15 is 0 Å². The van der Waals surface area contributed by atoms with Gasteiger partial charge in [0.05, 0.1) is 0 Å². The second-order valence-electron chi connectivity index (χ2n) is 5.12. The average molecular weight is 307 g/mol. The molecule has 2 nitrogen and oxygen atoms in total. The van der Waals surface area contributed by atoms with Crippen molar-refractivity contribution in [2.75, 3.05) is 0 Å². The van der Waals surface area contributed by atoms with E-state index in [2.05, 4.69) is 17.1 Å². The van der Waals surface area contributed by atoms with Crippen molar-refractivity contribution in [2.24, 2.45) is 0 Å². The fraction of sp³-hybridized carbons (Fsp3) is 0.105. The lowest BCUT2D eigenvalue weighted by Crippen LogP contribution is -2.01. The van der Waals surface area contributed by atoms with Gasteiger partial charge in [0.25, 0.3) is 0 Å². The molecular weight excluding hydrogens is 290 g/mol. The van der Waals surface area contributed by atoms with Gasteiger partial charge in [0, 0.05) is 16.7 Å². The fourth-order valence-corrected chi connectivity index (χ4v) is 3.11. The van der Waals surface area contributed by atoms with Gasteiger partial charge in [0.1, 0.15) is 11.1 Å². The zero-order valence-electron chi connectivity index (χ0n) is 12.3. The van der Waals surface area contributed by atoms with E-state index in [9.17, 15) is 5.11 Å². The zero-order valence-corrected chi connectivity index (χ0v) is 13.1. The SMILES string of the molecule is Cc1cc(C(O)c2ccccc2)cnc1Sc1ccccc1. The van der Waals surface area contributed by atoms with Crippen LogP contribution in [0.1, 0.15) is 22.8 Å². The molecule has 3 heteroatoms. The monoisotopic (exact) mass is 307 g/mol. The molecule has 0 aliphatic rings. The normalized spacial score (nSPS) is 12.1. The predicted octanol–water partition coefficient (Wildman–Crippen LogP) is 4.62. The molecule has 0 aliphatic heterocycles. The molecule has 3 aromatic rings. The minimum Gasteiger partial charge on any atom is -0.384 e. The zero-order chi connectivity index (χ0) is 15.4. The molecule has 1 N–H and O–H groups in total. The third-order valence-corrected chi connectivity index (χ3v) is 4.57. The summed E-state index contributed by atoms with van der Waals surface area (Å²) >= 11 is 1.64. The van der Waals surface area contributed by atoms with Crippen LogP contribution >= 0.6 is 11.8 Å². The maximum Gasteiger partial charge on any atom is 0.106 e. The maximum absolute atomic E-state index is 10.5. The predicted molar refractivity (Wildman–Crippen MR) is 90.0 cm³/mol. The van der Waals surface area contributed by atoms with Gasteiger partial charge >= 0.3 is 0 Å².